The topological polar surface area (TPSA) is 82.2 Å². The summed E-state index contributed by atoms with van der Waals surface area (Å²) < 4.78 is 13.0. The number of carbonyl (C=O) groups is 1. The van der Waals surface area contributed by atoms with Crippen molar-refractivity contribution in [2.24, 2.45) is 7.05 Å². The highest BCUT2D eigenvalue weighted by Crippen LogP contribution is 2.21. The highest BCUT2D eigenvalue weighted by atomic mass is 16.5. The minimum absolute atomic E-state index is 0.204. The van der Waals surface area contributed by atoms with Crippen molar-refractivity contribution in [2.75, 3.05) is 5.32 Å². The van der Waals surface area contributed by atoms with Gasteiger partial charge in [-0.1, -0.05) is 0 Å². The number of hydrogen-bond donors (Lipinski definition) is 1. The molecule has 136 valence electrons. The summed E-state index contributed by atoms with van der Waals surface area (Å²) in [6.07, 6.45) is 3.59. The van der Waals surface area contributed by atoms with E-state index in [0.29, 0.717) is 40.6 Å². The number of nitrogens with zero attached hydrogens (tertiary/aromatic N) is 3. The average Bonchev–Trinajstić information content (AvgIpc) is 3.24. The summed E-state index contributed by atoms with van der Waals surface area (Å²) in [7, 11) is 1.91. The third kappa shape index (κ3) is 3.67. The highest BCUT2D eigenvalue weighted by molar-refractivity contribution is 6.04. The molecule has 4 rings (SSSR count). The predicted octanol–water partition coefficient (Wildman–Crippen LogP) is 3.70. The molecule has 0 bridgehead atoms. The van der Waals surface area contributed by atoms with Gasteiger partial charge in [-0.3, -0.25) is 4.79 Å². The summed E-state index contributed by atoms with van der Waals surface area (Å²) in [5, 5.41) is 2.87. The molecule has 0 unspecified atom stereocenters. The van der Waals surface area contributed by atoms with Crippen molar-refractivity contribution in [1.82, 2.24) is 14.5 Å². The Morgan fingerprint density at radius 2 is 2.04 bits per heavy atom. The van der Waals surface area contributed by atoms with Gasteiger partial charge in [-0.2, -0.15) is 0 Å². The highest BCUT2D eigenvalue weighted by Gasteiger charge is 2.09. The van der Waals surface area contributed by atoms with Gasteiger partial charge in [-0.25, -0.2) is 9.97 Å². The van der Waals surface area contributed by atoms with Gasteiger partial charge in [0.15, 0.2) is 11.5 Å². The molecule has 2 aromatic carbocycles. The molecule has 2 aromatic heterocycles. The molecule has 0 saturated carbocycles. The number of anilines is 1. The van der Waals surface area contributed by atoms with E-state index in [1.165, 1.54) is 0 Å². The number of carbonyl (C=O) groups excluding carboxylic acids is 1. The van der Waals surface area contributed by atoms with Crippen LogP contribution in [0.4, 0.5) is 5.69 Å². The van der Waals surface area contributed by atoms with Crippen molar-refractivity contribution in [3.8, 4) is 5.75 Å². The molecule has 0 fully saturated rings. The van der Waals surface area contributed by atoms with Crippen LogP contribution in [0.1, 0.15) is 22.1 Å². The molecule has 1 amide bonds. The molecule has 27 heavy (non-hydrogen) atoms. The lowest BCUT2D eigenvalue weighted by molar-refractivity contribution is 0.102. The summed E-state index contributed by atoms with van der Waals surface area (Å²) >= 11 is 0. The summed E-state index contributed by atoms with van der Waals surface area (Å²) in [5.74, 6) is 1.89. The van der Waals surface area contributed by atoms with Gasteiger partial charge in [0, 0.05) is 37.6 Å². The summed E-state index contributed by atoms with van der Waals surface area (Å²) in [5.41, 5.74) is 2.61. The van der Waals surface area contributed by atoms with E-state index in [2.05, 4.69) is 15.3 Å². The number of ether oxygens (including phenoxy) is 1. The van der Waals surface area contributed by atoms with Crippen molar-refractivity contribution in [3.05, 3.63) is 72.1 Å². The molecule has 0 radical (unpaired) electrons. The molecule has 1 N–H and O–H groups in total. The fraction of sp³-hybridized carbons (Fsp3) is 0.150. The number of oxazole rings is 1. The van der Waals surface area contributed by atoms with E-state index in [9.17, 15) is 4.79 Å². The molecule has 0 aliphatic heterocycles. The molecule has 0 spiro atoms. The third-order valence-corrected chi connectivity index (χ3v) is 4.16. The van der Waals surface area contributed by atoms with Crippen LogP contribution in [0.5, 0.6) is 5.75 Å². The second kappa shape index (κ2) is 6.95. The Morgan fingerprint density at radius 3 is 2.78 bits per heavy atom. The van der Waals surface area contributed by atoms with E-state index >= 15 is 0 Å². The van der Waals surface area contributed by atoms with Crippen LogP contribution < -0.4 is 10.1 Å². The van der Waals surface area contributed by atoms with Crippen LogP contribution in [0, 0.1) is 6.92 Å². The van der Waals surface area contributed by atoms with E-state index in [1.807, 2.05) is 17.8 Å². The molecule has 0 aliphatic carbocycles. The van der Waals surface area contributed by atoms with E-state index in [4.69, 9.17) is 9.15 Å². The Balaban J connectivity index is 1.41. The number of hydrogen-bond acceptors (Lipinski definition) is 5. The number of amides is 1. The first-order valence-electron chi connectivity index (χ1n) is 8.46. The maximum absolute atomic E-state index is 12.4. The largest absolute Gasteiger partial charge is 0.486 e. The van der Waals surface area contributed by atoms with Crippen molar-refractivity contribution >= 4 is 22.7 Å². The molecule has 0 saturated heterocycles. The number of imidazole rings is 1. The molecular formula is C20H18N4O3. The van der Waals surface area contributed by atoms with Crippen molar-refractivity contribution in [1.29, 1.82) is 0 Å². The van der Waals surface area contributed by atoms with Gasteiger partial charge in [-0.15, -0.1) is 0 Å². The minimum Gasteiger partial charge on any atom is -0.486 e. The normalized spacial score (nSPS) is 10.9. The predicted molar refractivity (Wildman–Crippen MR) is 101 cm³/mol. The maximum atomic E-state index is 12.4. The van der Waals surface area contributed by atoms with E-state index in [-0.39, 0.29) is 5.91 Å². The molecule has 0 aliphatic rings. The van der Waals surface area contributed by atoms with Crippen molar-refractivity contribution < 1.29 is 13.9 Å². The zero-order valence-corrected chi connectivity index (χ0v) is 15.0. The summed E-state index contributed by atoms with van der Waals surface area (Å²) in [6.45, 7) is 2.15. The Hall–Kier alpha value is -3.61. The molecule has 2 heterocycles. The second-order valence-electron chi connectivity index (χ2n) is 6.14. The average molecular weight is 362 g/mol. The number of benzene rings is 2. The monoisotopic (exact) mass is 362 g/mol. The maximum Gasteiger partial charge on any atom is 0.255 e. The fourth-order valence-corrected chi connectivity index (χ4v) is 2.71. The second-order valence-corrected chi connectivity index (χ2v) is 6.14. The van der Waals surface area contributed by atoms with Crippen LogP contribution in [0.15, 0.2) is 59.3 Å². The van der Waals surface area contributed by atoms with Gasteiger partial charge in [-0.05, 0) is 42.5 Å². The van der Waals surface area contributed by atoms with E-state index < -0.39 is 0 Å². The zero-order chi connectivity index (χ0) is 18.8. The summed E-state index contributed by atoms with van der Waals surface area (Å²) in [6, 6.07) is 12.3. The standard InChI is InChI=1S/C20H18N4O3/c1-13-22-17-11-15(5-8-18(17)27-13)23-20(25)14-3-6-16(7-4-14)26-12-19-21-9-10-24(19)2/h3-11H,12H2,1-2H3,(H,23,25). The quantitative estimate of drug-likeness (QED) is 0.585. The molecule has 7 heteroatoms. The Morgan fingerprint density at radius 1 is 1.22 bits per heavy atom. The fourth-order valence-electron chi connectivity index (χ4n) is 2.71. The number of rotatable bonds is 5. The van der Waals surface area contributed by atoms with Crippen LogP contribution >= 0.6 is 0 Å². The van der Waals surface area contributed by atoms with Gasteiger partial charge in [0.2, 0.25) is 0 Å². The van der Waals surface area contributed by atoms with E-state index in [0.717, 1.165) is 5.82 Å². The van der Waals surface area contributed by atoms with Crippen molar-refractivity contribution in [2.45, 2.75) is 13.5 Å². The van der Waals surface area contributed by atoms with Gasteiger partial charge in [0.25, 0.3) is 5.91 Å². The molecular weight excluding hydrogens is 344 g/mol. The summed E-state index contributed by atoms with van der Waals surface area (Å²) in [4.78, 5) is 20.9. The van der Waals surface area contributed by atoms with Crippen LogP contribution in [-0.4, -0.2) is 20.4 Å². The Bertz CT molecular complexity index is 1100. The smallest absolute Gasteiger partial charge is 0.255 e. The lowest BCUT2D eigenvalue weighted by atomic mass is 10.2. The first kappa shape index (κ1) is 16.8. The van der Waals surface area contributed by atoms with Gasteiger partial charge in [0.05, 0.1) is 0 Å². The Kier molecular flexibility index (Phi) is 4.33. The first-order valence-corrected chi connectivity index (χ1v) is 8.46. The van der Waals surface area contributed by atoms with Gasteiger partial charge < -0.3 is 19.0 Å². The first-order chi connectivity index (χ1) is 13.1. The SMILES string of the molecule is Cc1nc2cc(NC(=O)c3ccc(OCc4nccn4C)cc3)ccc2o1. The van der Waals surface area contributed by atoms with Crippen LogP contribution in [-0.2, 0) is 13.7 Å². The number of fused-ring (bicyclic) bond motifs is 1. The lowest BCUT2D eigenvalue weighted by Gasteiger charge is -2.08. The number of nitrogens with one attached hydrogen (secondary N) is 1. The number of aromatic nitrogens is 3. The van der Waals surface area contributed by atoms with E-state index in [1.54, 1.807) is 55.6 Å². The number of aryl methyl sites for hydroxylation is 2. The zero-order valence-electron chi connectivity index (χ0n) is 15.0. The van der Waals surface area contributed by atoms with Gasteiger partial charge >= 0.3 is 0 Å². The van der Waals surface area contributed by atoms with Crippen molar-refractivity contribution in [3.63, 3.8) is 0 Å². The molecule has 4 aromatic rings. The van der Waals surface area contributed by atoms with Crippen LogP contribution in [0.3, 0.4) is 0 Å². The molecule has 0 atom stereocenters. The van der Waals surface area contributed by atoms with Crippen LogP contribution in [0.25, 0.3) is 11.1 Å². The van der Waals surface area contributed by atoms with Gasteiger partial charge in [0.1, 0.15) is 23.7 Å². The third-order valence-electron chi connectivity index (χ3n) is 4.16. The minimum atomic E-state index is -0.204. The Labute approximate surface area is 155 Å². The molecule has 7 nitrogen and oxygen atoms in total. The lowest BCUT2D eigenvalue weighted by Crippen LogP contribution is -2.11. The van der Waals surface area contributed by atoms with Crippen LogP contribution in [0.2, 0.25) is 0 Å².